The molecule has 0 aliphatic heterocycles. The maximum Gasteiger partial charge on any atom is 0.254 e. The number of fused-ring (bicyclic) bond motifs is 1. The van der Waals surface area contributed by atoms with Crippen LogP contribution in [0.15, 0.2) is 64.0 Å². The summed E-state index contributed by atoms with van der Waals surface area (Å²) < 4.78 is 5.75. The van der Waals surface area contributed by atoms with Crippen LogP contribution in [0.4, 0.5) is 5.69 Å². The SMILES string of the molecule is Cc1ccccc1N=c1oc2ccccc2cc1C(N)=O. The van der Waals surface area contributed by atoms with Crippen LogP contribution < -0.4 is 11.3 Å². The highest BCUT2D eigenvalue weighted by atomic mass is 16.3. The van der Waals surface area contributed by atoms with Crippen molar-refractivity contribution < 1.29 is 9.21 Å². The summed E-state index contributed by atoms with van der Waals surface area (Å²) in [5.41, 5.74) is 8.35. The minimum Gasteiger partial charge on any atom is -0.438 e. The third-order valence-corrected chi connectivity index (χ3v) is 3.26. The summed E-state index contributed by atoms with van der Waals surface area (Å²) in [5, 5.41) is 0.815. The number of hydrogen-bond acceptors (Lipinski definition) is 3. The zero-order valence-corrected chi connectivity index (χ0v) is 11.5. The molecule has 0 radical (unpaired) electrons. The summed E-state index contributed by atoms with van der Waals surface area (Å²) in [6.45, 7) is 1.95. The number of carbonyl (C=O) groups excluding carboxylic acids is 1. The third-order valence-electron chi connectivity index (χ3n) is 3.26. The molecule has 0 saturated carbocycles. The highest BCUT2D eigenvalue weighted by molar-refractivity contribution is 5.95. The zero-order chi connectivity index (χ0) is 14.8. The van der Waals surface area contributed by atoms with E-state index in [4.69, 9.17) is 10.2 Å². The molecule has 0 aliphatic rings. The van der Waals surface area contributed by atoms with Crippen molar-refractivity contribution in [2.75, 3.05) is 0 Å². The molecule has 3 rings (SSSR count). The van der Waals surface area contributed by atoms with Gasteiger partial charge in [0.1, 0.15) is 11.1 Å². The summed E-state index contributed by atoms with van der Waals surface area (Å²) in [6, 6.07) is 16.8. The van der Waals surface area contributed by atoms with Gasteiger partial charge in [0.15, 0.2) is 0 Å². The number of rotatable bonds is 2. The summed E-state index contributed by atoms with van der Waals surface area (Å²) in [6.07, 6.45) is 0. The van der Waals surface area contributed by atoms with Gasteiger partial charge in [-0.25, -0.2) is 4.99 Å². The van der Waals surface area contributed by atoms with Crippen LogP contribution in [0.2, 0.25) is 0 Å². The van der Waals surface area contributed by atoms with Gasteiger partial charge >= 0.3 is 0 Å². The van der Waals surface area contributed by atoms with Crippen molar-refractivity contribution in [1.29, 1.82) is 0 Å². The van der Waals surface area contributed by atoms with Crippen LogP contribution in [0.1, 0.15) is 15.9 Å². The van der Waals surface area contributed by atoms with E-state index in [1.807, 2.05) is 55.5 Å². The summed E-state index contributed by atoms with van der Waals surface area (Å²) >= 11 is 0. The molecule has 0 saturated heterocycles. The maximum atomic E-state index is 11.6. The van der Waals surface area contributed by atoms with Gasteiger partial charge in [-0.2, -0.15) is 0 Å². The Kier molecular flexibility index (Phi) is 3.28. The number of carbonyl (C=O) groups is 1. The van der Waals surface area contributed by atoms with Crippen molar-refractivity contribution in [2.24, 2.45) is 10.7 Å². The molecular formula is C17H14N2O2. The van der Waals surface area contributed by atoms with E-state index in [-0.39, 0.29) is 11.1 Å². The first-order valence-electron chi connectivity index (χ1n) is 6.58. The van der Waals surface area contributed by atoms with E-state index in [1.54, 1.807) is 6.07 Å². The third kappa shape index (κ3) is 2.56. The van der Waals surface area contributed by atoms with Crippen molar-refractivity contribution in [1.82, 2.24) is 0 Å². The fourth-order valence-corrected chi connectivity index (χ4v) is 2.13. The summed E-state index contributed by atoms with van der Waals surface area (Å²) in [7, 11) is 0. The normalized spacial score (nSPS) is 11.8. The number of aryl methyl sites for hydroxylation is 1. The number of nitrogens with zero attached hydrogens (tertiary/aromatic N) is 1. The van der Waals surface area contributed by atoms with Crippen molar-refractivity contribution in [3.05, 3.63) is 71.3 Å². The van der Waals surface area contributed by atoms with Gasteiger partial charge in [0.25, 0.3) is 5.91 Å². The molecule has 0 bridgehead atoms. The van der Waals surface area contributed by atoms with Crippen LogP contribution >= 0.6 is 0 Å². The predicted octanol–water partition coefficient (Wildman–Crippen LogP) is 3.07. The largest absolute Gasteiger partial charge is 0.438 e. The highest BCUT2D eigenvalue weighted by Gasteiger charge is 2.09. The Morgan fingerprint density at radius 1 is 1.10 bits per heavy atom. The van der Waals surface area contributed by atoms with E-state index in [1.165, 1.54) is 0 Å². The van der Waals surface area contributed by atoms with Gasteiger partial charge in [0.2, 0.25) is 5.55 Å². The summed E-state index contributed by atoms with van der Waals surface area (Å²) in [5.74, 6) is -0.558. The summed E-state index contributed by atoms with van der Waals surface area (Å²) in [4.78, 5) is 16.1. The molecule has 4 heteroatoms. The van der Waals surface area contributed by atoms with Gasteiger partial charge in [0, 0.05) is 5.39 Å². The maximum absolute atomic E-state index is 11.6. The quantitative estimate of drug-likeness (QED) is 0.782. The molecule has 1 heterocycles. The minimum absolute atomic E-state index is 0.232. The molecule has 0 fully saturated rings. The number of primary amides is 1. The first-order valence-corrected chi connectivity index (χ1v) is 6.58. The average Bonchev–Trinajstić information content (AvgIpc) is 2.48. The van der Waals surface area contributed by atoms with Crippen LogP contribution in [0.3, 0.4) is 0 Å². The Labute approximate surface area is 121 Å². The molecule has 0 aliphatic carbocycles. The minimum atomic E-state index is -0.558. The molecule has 21 heavy (non-hydrogen) atoms. The lowest BCUT2D eigenvalue weighted by Gasteiger charge is -2.03. The van der Waals surface area contributed by atoms with E-state index in [2.05, 4.69) is 4.99 Å². The molecule has 2 N–H and O–H groups in total. The molecule has 0 atom stereocenters. The molecule has 104 valence electrons. The Morgan fingerprint density at radius 2 is 1.81 bits per heavy atom. The van der Waals surface area contributed by atoms with Crippen LogP contribution in [0, 0.1) is 6.92 Å². The molecular weight excluding hydrogens is 264 g/mol. The first-order chi connectivity index (χ1) is 10.1. The molecule has 4 nitrogen and oxygen atoms in total. The Bertz CT molecular complexity index is 894. The number of para-hydroxylation sites is 2. The van der Waals surface area contributed by atoms with Crippen LogP contribution in [-0.2, 0) is 0 Å². The molecule has 2 aromatic carbocycles. The monoisotopic (exact) mass is 278 g/mol. The van der Waals surface area contributed by atoms with E-state index < -0.39 is 5.91 Å². The average molecular weight is 278 g/mol. The Morgan fingerprint density at radius 3 is 2.57 bits per heavy atom. The number of hydrogen-bond donors (Lipinski definition) is 1. The molecule has 0 spiro atoms. The fourth-order valence-electron chi connectivity index (χ4n) is 2.13. The van der Waals surface area contributed by atoms with Crippen LogP contribution in [0.5, 0.6) is 0 Å². The van der Waals surface area contributed by atoms with E-state index in [0.717, 1.165) is 16.6 Å². The predicted molar refractivity (Wildman–Crippen MR) is 81.1 cm³/mol. The van der Waals surface area contributed by atoms with E-state index >= 15 is 0 Å². The van der Waals surface area contributed by atoms with Gasteiger partial charge < -0.3 is 10.2 Å². The van der Waals surface area contributed by atoms with Crippen molar-refractivity contribution in [3.8, 4) is 0 Å². The van der Waals surface area contributed by atoms with Crippen LogP contribution in [-0.4, -0.2) is 5.91 Å². The lowest BCUT2D eigenvalue weighted by molar-refractivity contribution is 0.0996. The lowest BCUT2D eigenvalue weighted by atomic mass is 10.1. The number of amides is 1. The zero-order valence-electron chi connectivity index (χ0n) is 11.5. The first kappa shape index (κ1) is 13.1. The molecule has 3 aromatic rings. The lowest BCUT2D eigenvalue weighted by Crippen LogP contribution is -2.21. The molecule has 1 amide bonds. The second-order valence-corrected chi connectivity index (χ2v) is 4.77. The van der Waals surface area contributed by atoms with Gasteiger partial charge in [-0.05, 0) is 30.7 Å². The smallest absolute Gasteiger partial charge is 0.254 e. The number of benzene rings is 2. The number of nitrogens with two attached hydrogens (primary N) is 1. The van der Waals surface area contributed by atoms with E-state index in [0.29, 0.717) is 5.58 Å². The van der Waals surface area contributed by atoms with E-state index in [9.17, 15) is 4.79 Å². The molecule has 0 unspecified atom stereocenters. The van der Waals surface area contributed by atoms with Crippen molar-refractivity contribution in [3.63, 3.8) is 0 Å². The van der Waals surface area contributed by atoms with Gasteiger partial charge in [-0.3, -0.25) is 4.79 Å². The van der Waals surface area contributed by atoms with Crippen LogP contribution in [0.25, 0.3) is 11.0 Å². The van der Waals surface area contributed by atoms with Crippen molar-refractivity contribution >= 4 is 22.6 Å². The topological polar surface area (TPSA) is 68.6 Å². The van der Waals surface area contributed by atoms with Crippen molar-refractivity contribution in [2.45, 2.75) is 6.92 Å². The highest BCUT2D eigenvalue weighted by Crippen LogP contribution is 2.18. The Hall–Kier alpha value is -2.88. The Balaban J connectivity index is 2.32. The molecule has 1 aromatic heterocycles. The van der Waals surface area contributed by atoms with Gasteiger partial charge in [0.05, 0.1) is 5.69 Å². The van der Waals surface area contributed by atoms with Gasteiger partial charge in [-0.15, -0.1) is 0 Å². The van der Waals surface area contributed by atoms with Gasteiger partial charge in [-0.1, -0.05) is 36.4 Å². The standard InChI is InChI=1S/C17H14N2O2/c1-11-6-2-4-8-14(11)19-17-13(16(18)20)10-12-7-3-5-9-15(12)21-17/h2-10H,1H3,(H2,18,20). The fraction of sp³-hybridized carbons (Fsp3) is 0.0588. The second-order valence-electron chi connectivity index (χ2n) is 4.77. The second kappa shape index (κ2) is 5.25.